The number of benzene rings is 1. The van der Waals surface area contributed by atoms with E-state index in [4.69, 9.17) is 13.9 Å². The lowest BCUT2D eigenvalue weighted by Crippen LogP contribution is -2.24. The van der Waals surface area contributed by atoms with Crippen LogP contribution in [0.4, 0.5) is 5.82 Å². The topological polar surface area (TPSA) is 98.5 Å². The van der Waals surface area contributed by atoms with Crippen molar-refractivity contribution in [1.82, 2.24) is 15.3 Å². The molecule has 0 saturated heterocycles. The number of ether oxygens (including phenoxy) is 2. The molecule has 2 aromatic heterocycles. The van der Waals surface area contributed by atoms with Crippen molar-refractivity contribution in [3.05, 3.63) is 66.5 Å². The number of hydrogen-bond acceptors (Lipinski definition) is 7. The van der Waals surface area contributed by atoms with Crippen molar-refractivity contribution in [2.75, 3.05) is 25.6 Å². The summed E-state index contributed by atoms with van der Waals surface area (Å²) < 4.78 is 15.9. The highest BCUT2D eigenvalue weighted by molar-refractivity contribution is 5.91. The minimum Gasteiger partial charge on any atom is -0.497 e. The summed E-state index contributed by atoms with van der Waals surface area (Å²) in [6.45, 7) is 1.31. The highest BCUT2D eigenvalue weighted by Crippen LogP contribution is 2.16. The first kappa shape index (κ1) is 18.2. The van der Waals surface area contributed by atoms with Crippen LogP contribution in [0.3, 0.4) is 0 Å². The average Bonchev–Trinajstić information content (AvgIpc) is 3.24. The number of aromatic nitrogens is 2. The molecule has 2 N–H and O–H groups in total. The van der Waals surface area contributed by atoms with Crippen LogP contribution in [0.15, 0.2) is 59.5 Å². The molecule has 0 bridgehead atoms. The molecule has 1 aromatic carbocycles. The van der Waals surface area contributed by atoms with Crippen molar-refractivity contribution in [2.45, 2.75) is 6.54 Å². The van der Waals surface area contributed by atoms with Crippen LogP contribution in [0.1, 0.15) is 16.2 Å². The molecule has 1 amide bonds. The molecule has 140 valence electrons. The Morgan fingerprint density at radius 1 is 1.11 bits per heavy atom. The number of nitrogens with zero attached hydrogens (tertiary/aromatic N) is 2. The summed E-state index contributed by atoms with van der Waals surface area (Å²) in [6, 6.07) is 10.9. The van der Waals surface area contributed by atoms with Gasteiger partial charge in [-0.25, -0.2) is 9.97 Å². The quantitative estimate of drug-likeness (QED) is 0.560. The Kier molecular flexibility index (Phi) is 6.24. The summed E-state index contributed by atoms with van der Waals surface area (Å²) in [5, 5.41) is 5.80. The Labute approximate surface area is 156 Å². The minimum atomic E-state index is -0.312. The highest BCUT2D eigenvalue weighted by atomic mass is 16.5. The van der Waals surface area contributed by atoms with Gasteiger partial charge < -0.3 is 24.5 Å². The van der Waals surface area contributed by atoms with E-state index in [9.17, 15) is 4.79 Å². The SMILES string of the molecule is COc1ccc(OCCNc2cnc(C(=O)NCc3ccco3)cn2)cc1. The molecular weight excluding hydrogens is 348 g/mol. The van der Waals surface area contributed by atoms with Crippen LogP contribution in [-0.2, 0) is 6.54 Å². The van der Waals surface area contributed by atoms with Gasteiger partial charge in [0, 0.05) is 0 Å². The number of anilines is 1. The predicted octanol–water partition coefficient (Wildman–Crippen LogP) is 2.50. The smallest absolute Gasteiger partial charge is 0.271 e. The number of carbonyl (C=O) groups is 1. The van der Waals surface area contributed by atoms with E-state index in [0.29, 0.717) is 31.3 Å². The van der Waals surface area contributed by atoms with E-state index in [2.05, 4.69) is 20.6 Å². The number of hydrogen-bond donors (Lipinski definition) is 2. The zero-order valence-electron chi connectivity index (χ0n) is 14.8. The van der Waals surface area contributed by atoms with E-state index in [0.717, 1.165) is 11.5 Å². The Morgan fingerprint density at radius 3 is 2.59 bits per heavy atom. The maximum absolute atomic E-state index is 12.0. The third kappa shape index (κ3) is 5.46. The van der Waals surface area contributed by atoms with Gasteiger partial charge >= 0.3 is 0 Å². The number of furan rings is 1. The summed E-state index contributed by atoms with van der Waals surface area (Å²) in [6.07, 6.45) is 4.49. The fraction of sp³-hybridized carbons (Fsp3) is 0.211. The number of nitrogens with one attached hydrogen (secondary N) is 2. The normalized spacial score (nSPS) is 10.3. The van der Waals surface area contributed by atoms with Crippen molar-refractivity contribution in [3.8, 4) is 11.5 Å². The fourth-order valence-electron chi connectivity index (χ4n) is 2.23. The van der Waals surface area contributed by atoms with Crippen LogP contribution in [0.25, 0.3) is 0 Å². The van der Waals surface area contributed by atoms with Gasteiger partial charge in [0.15, 0.2) is 0 Å². The highest BCUT2D eigenvalue weighted by Gasteiger charge is 2.08. The molecule has 2 heterocycles. The standard InChI is InChI=1S/C19H20N4O4/c1-25-14-4-6-15(7-5-14)27-10-8-20-18-13-21-17(12-22-18)19(24)23-11-16-3-2-9-26-16/h2-7,9,12-13H,8,10-11H2,1H3,(H,20,22)(H,23,24). The zero-order valence-corrected chi connectivity index (χ0v) is 14.8. The van der Waals surface area contributed by atoms with E-state index in [1.165, 1.54) is 12.4 Å². The molecule has 0 saturated carbocycles. The lowest BCUT2D eigenvalue weighted by molar-refractivity contribution is 0.0942. The second kappa shape index (κ2) is 9.23. The summed E-state index contributed by atoms with van der Waals surface area (Å²) >= 11 is 0. The third-order valence-electron chi connectivity index (χ3n) is 3.62. The summed E-state index contributed by atoms with van der Waals surface area (Å²) in [4.78, 5) is 20.3. The van der Waals surface area contributed by atoms with Crippen molar-refractivity contribution in [1.29, 1.82) is 0 Å². The van der Waals surface area contributed by atoms with Crippen molar-refractivity contribution >= 4 is 11.7 Å². The maximum Gasteiger partial charge on any atom is 0.271 e. The summed E-state index contributed by atoms with van der Waals surface area (Å²) in [5.74, 6) is 2.46. The molecule has 0 aliphatic rings. The van der Waals surface area contributed by atoms with Crippen LogP contribution in [0, 0.1) is 0 Å². The zero-order chi connectivity index (χ0) is 18.9. The minimum absolute atomic E-state index is 0.238. The molecule has 8 heteroatoms. The molecule has 0 spiro atoms. The van der Waals surface area contributed by atoms with Gasteiger partial charge in [-0.3, -0.25) is 4.79 Å². The van der Waals surface area contributed by atoms with Crippen molar-refractivity contribution in [3.63, 3.8) is 0 Å². The number of amides is 1. The van der Waals surface area contributed by atoms with Gasteiger partial charge in [0.05, 0.1) is 38.9 Å². The van der Waals surface area contributed by atoms with Crippen molar-refractivity contribution < 1.29 is 18.7 Å². The van der Waals surface area contributed by atoms with E-state index >= 15 is 0 Å². The Balaban J connectivity index is 1.39. The van der Waals surface area contributed by atoms with Crippen LogP contribution in [0.5, 0.6) is 11.5 Å². The van der Waals surface area contributed by atoms with Gasteiger partial charge in [-0.15, -0.1) is 0 Å². The van der Waals surface area contributed by atoms with Gasteiger partial charge in [0.1, 0.15) is 35.4 Å². The number of carbonyl (C=O) groups excluding carboxylic acids is 1. The Hall–Kier alpha value is -3.55. The molecule has 0 aliphatic heterocycles. The fourth-order valence-corrected chi connectivity index (χ4v) is 2.23. The molecule has 3 rings (SSSR count). The lowest BCUT2D eigenvalue weighted by Gasteiger charge is -2.09. The second-order valence-electron chi connectivity index (χ2n) is 5.50. The monoisotopic (exact) mass is 368 g/mol. The number of methoxy groups -OCH3 is 1. The van der Waals surface area contributed by atoms with Gasteiger partial charge in [-0.2, -0.15) is 0 Å². The summed E-state index contributed by atoms with van der Waals surface area (Å²) in [5.41, 5.74) is 0.238. The molecular formula is C19H20N4O4. The van der Waals surface area contributed by atoms with E-state index in [-0.39, 0.29) is 11.6 Å². The molecule has 8 nitrogen and oxygen atoms in total. The Bertz CT molecular complexity index is 833. The lowest BCUT2D eigenvalue weighted by atomic mass is 10.3. The Morgan fingerprint density at radius 2 is 1.93 bits per heavy atom. The molecule has 0 unspecified atom stereocenters. The first-order valence-electron chi connectivity index (χ1n) is 8.38. The molecule has 0 radical (unpaired) electrons. The first-order chi connectivity index (χ1) is 13.2. The van der Waals surface area contributed by atoms with Gasteiger partial charge in [-0.1, -0.05) is 0 Å². The van der Waals surface area contributed by atoms with Crippen LogP contribution in [-0.4, -0.2) is 36.1 Å². The van der Waals surface area contributed by atoms with Crippen LogP contribution >= 0.6 is 0 Å². The van der Waals surface area contributed by atoms with Crippen LogP contribution < -0.4 is 20.1 Å². The van der Waals surface area contributed by atoms with Crippen molar-refractivity contribution in [2.24, 2.45) is 0 Å². The predicted molar refractivity (Wildman–Crippen MR) is 98.9 cm³/mol. The third-order valence-corrected chi connectivity index (χ3v) is 3.62. The second-order valence-corrected chi connectivity index (χ2v) is 5.50. The van der Waals surface area contributed by atoms with E-state index in [1.54, 1.807) is 25.5 Å². The number of rotatable bonds is 9. The molecule has 0 atom stereocenters. The van der Waals surface area contributed by atoms with Crippen LogP contribution in [0.2, 0.25) is 0 Å². The van der Waals surface area contributed by atoms with E-state index < -0.39 is 0 Å². The van der Waals surface area contributed by atoms with Gasteiger partial charge in [0.25, 0.3) is 5.91 Å². The average molecular weight is 368 g/mol. The first-order valence-corrected chi connectivity index (χ1v) is 8.38. The molecule has 0 aliphatic carbocycles. The maximum atomic E-state index is 12.0. The molecule has 27 heavy (non-hydrogen) atoms. The molecule has 0 fully saturated rings. The molecule has 3 aromatic rings. The van der Waals surface area contributed by atoms with E-state index in [1.807, 2.05) is 24.3 Å². The van der Waals surface area contributed by atoms with Gasteiger partial charge in [-0.05, 0) is 36.4 Å². The largest absolute Gasteiger partial charge is 0.497 e. The summed E-state index contributed by atoms with van der Waals surface area (Å²) in [7, 11) is 1.62. The van der Waals surface area contributed by atoms with Gasteiger partial charge in [0.2, 0.25) is 0 Å².